The van der Waals surface area contributed by atoms with Crippen LogP contribution in [0.15, 0.2) is 28.8 Å². The van der Waals surface area contributed by atoms with E-state index in [4.69, 9.17) is 15.0 Å². The second-order valence-electron chi connectivity index (χ2n) is 4.56. The highest BCUT2D eigenvalue weighted by molar-refractivity contribution is 7.92. The van der Waals surface area contributed by atoms with Crippen molar-refractivity contribution >= 4 is 21.6 Å². The van der Waals surface area contributed by atoms with E-state index in [2.05, 4.69) is 9.88 Å². The van der Waals surface area contributed by atoms with E-state index < -0.39 is 10.0 Å². The van der Waals surface area contributed by atoms with Crippen LogP contribution in [0.2, 0.25) is 0 Å². The summed E-state index contributed by atoms with van der Waals surface area (Å²) < 4.78 is 36.4. The van der Waals surface area contributed by atoms with Gasteiger partial charge in [0.15, 0.2) is 0 Å². The molecule has 0 saturated carbocycles. The molecule has 2 rings (SSSR count). The highest BCUT2D eigenvalue weighted by atomic mass is 32.2. The lowest BCUT2D eigenvalue weighted by molar-refractivity contribution is 0.341. The SMILES string of the molecule is Cc1noc(NS(=O)(=O)CCOc2ccc(N)cc2)c1C. The molecule has 0 amide bonds. The number of aryl methyl sites for hydroxylation is 1. The number of ether oxygens (including phenoxy) is 1. The second-order valence-corrected chi connectivity index (χ2v) is 6.40. The van der Waals surface area contributed by atoms with Crippen molar-refractivity contribution in [1.82, 2.24) is 5.16 Å². The molecule has 0 atom stereocenters. The first-order valence-corrected chi connectivity index (χ1v) is 7.94. The minimum Gasteiger partial charge on any atom is -0.492 e. The zero-order valence-corrected chi connectivity index (χ0v) is 12.6. The molecule has 0 aliphatic carbocycles. The molecule has 21 heavy (non-hydrogen) atoms. The first kappa shape index (κ1) is 15.2. The molecular formula is C13H17N3O4S. The number of hydrogen-bond acceptors (Lipinski definition) is 6. The maximum atomic E-state index is 11.9. The number of sulfonamides is 1. The highest BCUT2D eigenvalue weighted by Crippen LogP contribution is 2.19. The third-order valence-electron chi connectivity index (χ3n) is 2.91. The van der Waals surface area contributed by atoms with Crippen molar-refractivity contribution in [3.8, 4) is 5.75 Å². The summed E-state index contributed by atoms with van der Waals surface area (Å²) in [5.41, 5.74) is 7.48. The van der Waals surface area contributed by atoms with Crippen molar-refractivity contribution in [2.24, 2.45) is 0 Å². The summed E-state index contributed by atoms with van der Waals surface area (Å²) in [6, 6.07) is 6.73. The van der Waals surface area contributed by atoms with Gasteiger partial charge in [0, 0.05) is 11.3 Å². The van der Waals surface area contributed by atoms with Gasteiger partial charge in [0.2, 0.25) is 15.9 Å². The largest absolute Gasteiger partial charge is 0.492 e. The maximum Gasteiger partial charge on any atom is 0.241 e. The fourth-order valence-corrected chi connectivity index (χ4v) is 2.41. The zero-order chi connectivity index (χ0) is 15.5. The summed E-state index contributed by atoms with van der Waals surface area (Å²) in [7, 11) is -3.56. The summed E-state index contributed by atoms with van der Waals surface area (Å²) in [4.78, 5) is 0. The van der Waals surface area contributed by atoms with Crippen molar-refractivity contribution in [3.63, 3.8) is 0 Å². The van der Waals surface area contributed by atoms with Crippen LogP contribution in [0.25, 0.3) is 0 Å². The maximum absolute atomic E-state index is 11.9. The molecule has 0 aliphatic heterocycles. The third kappa shape index (κ3) is 4.12. The van der Waals surface area contributed by atoms with E-state index in [1.165, 1.54) is 0 Å². The van der Waals surface area contributed by atoms with Gasteiger partial charge < -0.3 is 15.0 Å². The molecule has 0 fully saturated rings. The van der Waals surface area contributed by atoms with E-state index in [0.29, 0.717) is 22.7 Å². The molecule has 1 aromatic carbocycles. The van der Waals surface area contributed by atoms with E-state index in [1.807, 2.05) is 0 Å². The van der Waals surface area contributed by atoms with Gasteiger partial charge in [-0.15, -0.1) is 0 Å². The van der Waals surface area contributed by atoms with Gasteiger partial charge in [0.1, 0.15) is 18.1 Å². The van der Waals surface area contributed by atoms with Gasteiger partial charge in [-0.05, 0) is 38.1 Å². The molecule has 3 N–H and O–H groups in total. The fourth-order valence-electron chi connectivity index (χ4n) is 1.54. The van der Waals surface area contributed by atoms with Gasteiger partial charge >= 0.3 is 0 Å². The number of rotatable bonds is 6. The van der Waals surface area contributed by atoms with E-state index in [1.54, 1.807) is 38.1 Å². The predicted octanol–water partition coefficient (Wildman–Crippen LogP) is 1.69. The molecular weight excluding hydrogens is 294 g/mol. The smallest absolute Gasteiger partial charge is 0.241 e. The second kappa shape index (κ2) is 6.04. The monoisotopic (exact) mass is 311 g/mol. The molecule has 1 aromatic heterocycles. The van der Waals surface area contributed by atoms with Gasteiger partial charge in [-0.25, -0.2) is 8.42 Å². The van der Waals surface area contributed by atoms with Crippen LogP contribution in [0.5, 0.6) is 5.75 Å². The molecule has 7 nitrogen and oxygen atoms in total. The topological polar surface area (TPSA) is 107 Å². The number of aromatic nitrogens is 1. The first-order chi connectivity index (χ1) is 9.87. The zero-order valence-electron chi connectivity index (χ0n) is 11.8. The third-order valence-corrected chi connectivity index (χ3v) is 4.11. The Balaban J connectivity index is 1.89. The van der Waals surface area contributed by atoms with Crippen molar-refractivity contribution in [1.29, 1.82) is 0 Å². The summed E-state index contributed by atoms with van der Waals surface area (Å²) in [5.74, 6) is 0.502. The number of nitrogen functional groups attached to an aromatic ring is 1. The van der Waals surface area contributed by atoms with E-state index in [-0.39, 0.29) is 18.2 Å². The average molecular weight is 311 g/mol. The standard InChI is InChI=1S/C13H17N3O4S/c1-9-10(2)15-20-13(9)16-21(17,18)8-7-19-12-5-3-11(14)4-6-12/h3-6,16H,7-8,14H2,1-2H3. The Morgan fingerprint density at radius 2 is 1.95 bits per heavy atom. The minimum absolute atomic E-state index is 0.0193. The number of nitrogens with two attached hydrogens (primary N) is 1. The number of anilines is 2. The molecule has 0 saturated heterocycles. The summed E-state index contributed by atoms with van der Waals surface area (Å²) in [5, 5.41) is 3.69. The molecule has 0 spiro atoms. The van der Waals surface area contributed by atoms with Crippen LogP contribution in [0.4, 0.5) is 11.6 Å². The molecule has 0 unspecified atom stereocenters. The fraction of sp³-hybridized carbons (Fsp3) is 0.308. The van der Waals surface area contributed by atoms with Crippen LogP contribution >= 0.6 is 0 Å². The Kier molecular flexibility index (Phi) is 4.37. The van der Waals surface area contributed by atoms with E-state index in [0.717, 1.165) is 0 Å². The molecule has 114 valence electrons. The normalized spacial score (nSPS) is 11.3. The Morgan fingerprint density at radius 1 is 1.29 bits per heavy atom. The molecule has 0 aliphatic rings. The number of nitrogens with zero attached hydrogens (tertiary/aromatic N) is 1. The number of benzene rings is 1. The lowest BCUT2D eigenvalue weighted by Crippen LogP contribution is -2.21. The Bertz CT molecular complexity index is 708. The average Bonchev–Trinajstić information content (AvgIpc) is 2.72. The number of hydrogen-bond donors (Lipinski definition) is 2. The highest BCUT2D eigenvalue weighted by Gasteiger charge is 2.16. The lowest BCUT2D eigenvalue weighted by atomic mass is 10.3. The Hall–Kier alpha value is -2.22. The van der Waals surface area contributed by atoms with E-state index >= 15 is 0 Å². The van der Waals surface area contributed by atoms with Crippen LogP contribution in [0.3, 0.4) is 0 Å². The van der Waals surface area contributed by atoms with Crippen LogP contribution in [0.1, 0.15) is 11.3 Å². The van der Waals surface area contributed by atoms with Gasteiger partial charge in [-0.3, -0.25) is 4.72 Å². The number of nitrogens with one attached hydrogen (secondary N) is 1. The van der Waals surface area contributed by atoms with Gasteiger partial charge in [-0.1, -0.05) is 5.16 Å². The lowest BCUT2D eigenvalue weighted by Gasteiger charge is -2.08. The van der Waals surface area contributed by atoms with Crippen molar-refractivity contribution in [2.45, 2.75) is 13.8 Å². The van der Waals surface area contributed by atoms with Crippen molar-refractivity contribution in [2.75, 3.05) is 22.8 Å². The van der Waals surface area contributed by atoms with Crippen LogP contribution in [-0.4, -0.2) is 25.9 Å². The molecule has 8 heteroatoms. The van der Waals surface area contributed by atoms with Gasteiger partial charge in [0.05, 0.1) is 5.69 Å². The van der Waals surface area contributed by atoms with Crippen LogP contribution in [0, 0.1) is 13.8 Å². The van der Waals surface area contributed by atoms with E-state index in [9.17, 15) is 8.42 Å². The summed E-state index contributed by atoms with van der Waals surface area (Å²) in [6.45, 7) is 3.49. The quantitative estimate of drug-likeness (QED) is 0.786. The molecule has 0 radical (unpaired) electrons. The predicted molar refractivity (Wildman–Crippen MR) is 79.7 cm³/mol. The van der Waals surface area contributed by atoms with Crippen LogP contribution in [-0.2, 0) is 10.0 Å². The Labute approximate surface area is 123 Å². The van der Waals surface area contributed by atoms with Gasteiger partial charge in [-0.2, -0.15) is 0 Å². The molecule has 0 bridgehead atoms. The minimum atomic E-state index is -3.56. The summed E-state index contributed by atoms with van der Waals surface area (Å²) >= 11 is 0. The first-order valence-electron chi connectivity index (χ1n) is 6.29. The molecule has 2 aromatic rings. The van der Waals surface area contributed by atoms with Crippen molar-refractivity contribution < 1.29 is 17.7 Å². The van der Waals surface area contributed by atoms with Crippen molar-refractivity contribution in [3.05, 3.63) is 35.5 Å². The summed E-state index contributed by atoms with van der Waals surface area (Å²) in [6.07, 6.45) is 0. The van der Waals surface area contributed by atoms with Gasteiger partial charge in [0.25, 0.3) is 0 Å². The molecule has 1 heterocycles. The Morgan fingerprint density at radius 3 is 2.52 bits per heavy atom. The van der Waals surface area contributed by atoms with Crippen LogP contribution < -0.4 is 15.2 Å².